The third-order valence-corrected chi connectivity index (χ3v) is 6.13. The molecule has 0 bridgehead atoms. The van der Waals surface area contributed by atoms with E-state index in [1.807, 2.05) is 0 Å². The van der Waals surface area contributed by atoms with Gasteiger partial charge in [0.05, 0.1) is 11.3 Å². The van der Waals surface area contributed by atoms with Gasteiger partial charge in [0.25, 0.3) is 10.0 Å². The molecule has 0 atom stereocenters. The average Bonchev–Trinajstić information content (AvgIpc) is 3.02. The third kappa shape index (κ3) is 2.51. The molecule has 0 aliphatic rings. The molecule has 2 heterocycles. The van der Waals surface area contributed by atoms with Crippen LogP contribution < -0.4 is 0 Å². The van der Waals surface area contributed by atoms with E-state index in [-0.39, 0.29) is 11.3 Å². The molecule has 0 saturated carbocycles. The lowest BCUT2D eigenvalue weighted by Gasteiger charge is -2.06. The molecule has 5 nitrogen and oxygen atoms in total. The van der Waals surface area contributed by atoms with E-state index < -0.39 is 16.0 Å². The van der Waals surface area contributed by atoms with Crippen LogP contribution in [0.4, 0.5) is 0 Å². The first-order valence-corrected chi connectivity index (χ1v) is 8.90. The molecule has 0 fully saturated rings. The van der Waals surface area contributed by atoms with Gasteiger partial charge in [-0.25, -0.2) is 12.4 Å². The summed E-state index contributed by atoms with van der Waals surface area (Å²) in [6.45, 7) is 0. The van der Waals surface area contributed by atoms with E-state index in [0.717, 1.165) is 3.97 Å². The fraction of sp³-hybridized carbons (Fsp3) is 0.0714. The molecular weight excluding hydrogens is 346 g/mol. The molecule has 0 unspecified atom stereocenters. The maximum Gasteiger partial charge on any atom is 0.307 e. The Morgan fingerprint density at radius 3 is 2.55 bits per heavy atom. The molecule has 22 heavy (non-hydrogen) atoms. The molecule has 3 aromatic rings. The van der Waals surface area contributed by atoms with E-state index in [1.165, 1.54) is 41.8 Å². The van der Waals surface area contributed by atoms with Gasteiger partial charge in [0, 0.05) is 16.6 Å². The Balaban J connectivity index is 2.19. The number of aromatic nitrogens is 1. The Labute approximate surface area is 135 Å². The van der Waals surface area contributed by atoms with Crippen molar-refractivity contribution in [1.82, 2.24) is 3.97 Å². The van der Waals surface area contributed by atoms with Gasteiger partial charge in [-0.05, 0) is 41.3 Å². The van der Waals surface area contributed by atoms with E-state index in [2.05, 4.69) is 0 Å². The monoisotopic (exact) mass is 355 g/mol. The van der Waals surface area contributed by atoms with E-state index in [1.54, 1.807) is 11.4 Å². The number of thiophene rings is 1. The molecule has 8 heteroatoms. The first-order valence-electron chi connectivity index (χ1n) is 6.20. The van der Waals surface area contributed by atoms with Gasteiger partial charge in [0.1, 0.15) is 4.83 Å². The largest absolute Gasteiger partial charge is 0.481 e. The molecule has 0 spiro atoms. The summed E-state index contributed by atoms with van der Waals surface area (Å²) < 4.78 is 26.6. The summed E-state index contributed by atoms with van der Waals surface area (Å²) in [7, 11) is -3.79. The quantitative estimate of drug-likeness (QED) is 0.779. The number of hydrogen-bond acceptors (Lipinski definition) is 4. The summed E-state index contributed by atoms with van der Waals surface area (Å²) in [6, 6.07) is 7.58. The lowest BCUT2D eigenvalue weighted by Crippen LogP contribution is -2.11. The molecule has 0 amide bonds. The number of carboxylic acid groups (broad SMARTS) is 1. The number of rotatable bonds is 4. The number of fused-ring (bicyclic) bond motifs is 1. The standard InChI is InChI=1S/C14H10ClNO4S2/c15-10-1-3-11(4-2-10)22(19,20)16-8-9(7-13(17)18)12-5-6-21-14(12)16/h1-6,8H,7H2,(H,17,18). The first kappa shape index (κ1) is 15.1. The zero-order valence-corrected chi connectivity index (χ0v) is 13.5. The van der Waals surface area contributed by atoms with Crippen molar-refractivity contribution < 1.29 is 18.3 Å². The Hall–Kier alpha value is -1.83. The van der Waals surface area contributed by atoms with Crippen molar-refractivity contribution in [2.45, 2.75) is 11.3 Å². The van der Waals surface area contributed by atoms with Gasteiger partial charge in [0.15, 0.2) is 0 Å². The van der Waals surface area contributed by atoms with E-state index in [4.69, 9.17) is 16.7 Å². The topological polar surface area (TPSA) is 76.4 Å². The molecule has 0 aliphatic heterocycles. The summed E-state index contributed by atoms with van der Waals surface area (Å²) in [6.07, 6.45) is 1.15. The van der Waals surface area contributed by atoms with Crippen LogP contribution in [-0.2, 0) is 21.2 Å². The van der Waals surface area contributed by atoms with Crippen LogP contribution in [0.2, 0.25) is 5.02 Å². The normalized spacial score (nSPS) is 11.9. The number of nitrogens with zero attached hydrogens (tertiary/aromatic N) is 1. The summed E-state index contributed by atoms with van der Waals surface area (Å²) in [5.41, 5.74) is 0.473. The Kier molecular flexibility index (Phi) is 3.72. The van der Waals surface area contributed by atoms with E-state index in [9.17, 15) is 13.2 Å². The van der Waals surface area contributed by atoms with Gasteiger partial charge in [-0.1, -0.05) is 11.6 Å². The van der Waals surface area contributed by atoms with Crippen LogP contribution in [-0.4, -0.2) is 23.5 Å². The van der Waals surface area contributed by atoms with Crippen molar-refractivity contribution in [3.8, 4) is 0 Å². The van der Waals surface area contributed by atoms with Crippen molar-refractivity contribution in [2.75, 3.05) is 0 Å². The van der Waals surface area contributed by atoms with Gasteiger partial charge in [-0.2, -0.15) is 0 Å². The molecule has 3 rings (SSSR count). The molecule has 114 valence electrons. The zero-order valence-electron chi connectivity index (χ0n) is 11.1. The second-order valence-corrected chi connectivity index (χ2v) is 7.76. The maximum absolute atomic E-state index is 12.7. The number of aliphatic carboxylic acids is 1. The van der Waals surface area contributed by atoms with Gasteiger partial charge < -0.3 is 5.11 Å². The highest BCUT2D eigenvalue weighted by atomic mass is 35.5. The molecule has 1 N–H and O–H groups in total. The van der Waals surface area contributed by atoms with Crippen molar-refractivity contribution in [3.63, 3.8) is 0 Å². The fourth-order valence-corrected chi connectivity index (χ4v) is 4.84. The summed E-state index contributed by atoms with van der Waals surface area (Å²) in [5.74, 6) is -1.01. The van der Waals surface area contributed by atoms with Crippen LogP contribution in [0.25, 0.3) is 10.2 Å². The first-order chi connectivity index (χ1) is 10.4. The second kappa shape index (κ2) is 5.42. The zero-order chi connectivity index (χ0) is 15.9. The minimum absolute atomic E-state index is 0.101. The smallest absolute Gasteiger partial charge is 0.307 e. The summed E-state index contributed by atoms with van der Waals surface area (Å²) >= 11 is 7.03. The average molecular weight is 356 g/mol. The van der Waals surface area contributed by atoms with Gasteiger partial charge >= 0.3 is 5.97 Å². The maximum atomic E-state index is 12.7. The molecular formula is C14H10ClNO4S2. The van der Waals surface area contributed by atoms with Crippen LogP contribution in [0.3, 0.4) is 0 Å². The predicted octanol–water partition coefficient (Wildman–Crippen LogP) is 3.22. The lowest BCUT2D eigenvalue weighted by molar-refractivity contribution is -0.136. The van der Waals surface area contributed by atoms with Crippen molar-refractivity contribution in [2.24, 2.45) is 0 Å². The minimum Gasteiger partial charge on any atom is -0.481 e. The van der Waals surface area contributed by atoms with Gasteiger partial charge in [-0.15, -0.1) is 11.3 Å². The number of benzene rings is 1. The van der Waals surface area contributed by atoms with Crippen LogP contribution in [0.5, 0.6) is 0 Å². The Morgan fingerprint density at radius 1 is 1.23 bits per heavy atom. The minimum atomic E-state index is -3.79. The number of carboxylic acids is 1. The third-order valence-electron chi connectivity index (χ3n) is 3.18. The molecule has 2 aromatic heterocycles. The SMILES string of the molecule is O=C(O)Cc1cn(S(=O)(=O)c2ccc(Cl)cc2)c2sccc12. The number of carbonyl (C=O) groups is 1. The number of hydrogen-bond donors (Lipinski definition) is 1. The van der Waals surface area contributed by atoms with Crippen molar-refractivity contribution in [1.29, 1.82) is 0 Å². The van der Waals surface area contributed by atoms with Crippen LogP contribution >= 0.6 is 22.9 Å². The summed E-state index contributed by atoms with van der Waals surface area (Å²) in [5, 5.41) is 11.8. The van der Waals surface area contributed by atoms with Crippen LogP contribution in [0, 0.1) is 0 Å². The molecule has 0 saturated heterocycles. The van der Waals surface area contributed by atoms with Crippen LogP contribution in [0.15, 0.2) is 46.8 Å². The number of halogens is 1. The van der Waals surface area contributed by atoms with E-state index in [0.29, 0.717) is 20.8 Å². The van der Waals surface area contributed by atoms with E-state index >= 15 is 0 Å². The second-order valence-electron chi connectivity index (χ2n) is 4.62. The van der Waals surface area contributed by atoms with Crippen molar-refractivity contribution >= 4 is 49.1 Å². The highest BCUT2D eigenvalue weighted by Crippen LogP contribution is 2.30. The lowest BCUT2D eigenvalue weighted by atomic mass is 10.2. The molecule has 1 aromatic carbocycles. The predicted molar refractivity (Wildman–Crippen MR) is 85.2 cm³/mol. The molecule has 0 radical (unpaired) electrons. The van der Waals surface area contributed by atoms with Crippen LogP contribution in [0.1, 0.15) is 5.56 Å². The highest BCUT2D eigenvalue weighted by molar-refractivity contribution is 7.90. The van der Waals surface area contributed by atoms with Gasteiger partial charge in [-0.3, -0.25) is 4.79 Å². The summed E-state index contributed by atoms with van der Waals surface area (Å²) in [4.78, 5) is 11.5. The Bertz CT molecular complexity index is 955. The highest BCUT2D eigenvalue weighted by Gasteiger charge is 2.22. The Morgan fingerprint density at radius 2 is 1.91 bits per heavy atom. The van der Waals surface area contributed by atoms with Gasteiger partial charge in [0.2, 0.25) is 0 Å². The van der Waals surface area contributed by atoms with Crippen molar-refractivity contribution in [3.05, 3.63) is 52.5 Å². The fourth-order valence-electron chi connectivity index (χ4n) is 2.19. The molecule has 0 aliphatic carbocycles.